The number of methoxy groups -OCH3 is 1. The van der Waals surface area contributed by atoms with Crippen LogP contribution >= 0.6 is 24.0 Å². The summed E-state index contributed by atoms with van der Waals surface area (Å²) >= 11 is 7.56. The molecule has 0 spiro atoms. The van der Waals surface area contributed by atoms with Crippen molar-refractivity contribution in [2.24, 2.45) is 11.8 Å². The molecule has 152 valence electrons. The van der Waals surface area contributed by atoms with Crippen LogP contribution in [0.1, 0.15) is 24.0 Å². The smallest absolute Gasteiger partial charge is 0.316 e. The van der Waals surface area contributed by atoms with E-state index in [4.69, 9.17) is 17.0 Å². The molecule has 0 N–H and O–H groups in total. The van der Waals surface area contributed by atoms with Gasteiger partial charge in [-0.2, -0.15) is 0 Å². The number of allylic oxidation sites excluding steroid dienone is 1. The maximum atomic E-state index is 12.5. The van der Waals surface area contributed by atoms with E-state index in [1.807, 2.05) is 41.1 Å². The summed E-state index contributed by atoms with van der Waals surface area (Å²) in [6.07, 6.45) is 6.08. The molecule has 0 saturated carbocycles. The fourth-order valence-corrected chi connectivity index (χ4v) is 4.75. The number of esters is 1. The maximum Gasteiger partial charge on any atom is 0.316 e. The Hall–Kier alpha value is -2.11. The molecule has 1 heterocycles. The molecule has 2 atom stereocenters. The van der Waals surface area contributed by atoms with Crippen molar-refractivity contribution in [2.45, 2.75) is 31.2 Å². The average Bonchev–Trinajstić information content (AvgIpc) is 2.74. The Morgan fingerprint density at radius 1 is 1.14 bits per heavy atom. The highest BCUT2D eigenvalue weighted by atomic mass is 32.2. The largest absolute Gasteiger partial charge is 0.468 e. The Morgan fingerprint density at radius 2 is 1.86 bits per heavy atom. The van der Waals surface area contributed by atoms with Crippen molar-refractivity contribution >= 4 is 34.9 Å². The van der Waals surface area contributed by atoms with E-state index >= 15 is 0 Å². The Bertz CT molecular complexity index is 849. The quantitative estimate of drug-likeness (QED) is 0.237. The highest BCUT2D eigenvalue weighted by molar-refractivity contribution is 7.99. The highest BCUT2D eigenvalue weighted by Gasteiger charge is 2.36. The third-order valence-corrected chi connectivity index (χ3v) is 6.70. The lowest BCUT2D eigenvalue weighted by atomic mass is 9.85. The van der Waals surface area contributed by atoms with Crippen LogP contribution in [0.25, 0.3) is 0 Å². The van der Waals surface area contributed by atoms with Crippen LogP contribution in [0.3, 0.4) is 0 Å². The minimum absolute atomic E-state index is 0.0839. The van der Waals surface area contributed by atoms with Gasteiger partial charge in [-0.3, -0.25) is 4.79 Å². The zero-order chi connectivity index (χ0) is 20.6. The normalized spacial score (nSPS) is 18.7. The van der Waals surface area contributed by atoms with Crippen molar-refractivity contribution in [2.75, 3.05) is 12.9 Å². The zero-order valence-corrected chi connectivity index (χ0v) is 18.5. The van der Waals surface area contributed by atoms with E-state index in [2.05, 4.69) is 49.4 Å². The summed E-state index contributed by atoms with van der Waals surface area (Å²) < 4.78 is 5.08. The topological polar surface area (TPSA) is 29.5 Å². The molecule has 0 aromatic heterocycles. The number of nitrogens with zero attached hydrogens (tertiary/aromatic N) is 1. The number of carbonyl (C=O) groups is 1. The monoisotopic (exact) mass is 425 g/mol. The van der Waals surface area contributed by atoms with E-state index in [0.29, 0.717) is 11.5 Å². The van der Waals surface area contributed by atoms with E-state index in [1.54, 1.807) is 0 Å². The van der Waals surface area contributed by atoms with Gasteiger partial charge in [-0.25, -0.2) is 0 Å². The number of hydrogen-bond acceptors (Lipinski definition) is 4. The third-order valence-electron chi connectivity index (χ3n) is 5.11. The van der Waals surface area contributed by atoms with Crippen molar-refractivity contribution in [3.63, 3.8) is 0 Å². The Morgan fingerprint density at radius 3 is 2.55 bits per heavy atom. The van der Waals surface area contributed by atoms with Gasteiger partial charge in [-0.15, -0.1) is 11.8 Å². The van der Waals surface area contributed by atoms with Crippen LogP contribution in [0, 0.1) is 18.8 Å². The molecule has 0 saturated heterocycles. The summed E-state index contributed by atoms with van der Waals surface area (Å²) in [7, 11) is 1.44. The SMILES string of the molecule is COC(=O)[C@H]1C(=S)N(Cc2ccccc2)C=C[C@@H]1CCCSc1ccc(C)cc1. The van der Waals surface area contributed by atoms with Crippen LogP contribution < -0.4 is 0 Å². The van der Waals surface area contributed by atoms with E-state index in [-0.39, 0.29) is 11.9 Å². The number of ether oxygens (including phenoxy) is 1. The molecule has 2 aromatic carbocycles. The lowest BCUT2D eigenvalue weighted by molar-refractivity contribution is -0.144. The number of aryl methyl sites for hydroxylation is 1. The first-order chi connectivity index (χ1) is 14.1. The van der Waals surface area contributed by atoms with E-state index in [0.717, 1.165) is 24.2 Å². The fraction of sp³-hybridized carbons (Fsp3) is 0.333. The van der Waals surface area contributed by atoms with Crippen LogP contribution in [-0.2, 0) is 16.1 Å². The van der Waals surface area contributed by atoms with Gasteiger partial charge in [0.1, 0.15) is 5.92 Å². The van der Waals surface area contributed by atoms with Gasteiger partial charge in [0.05, 0.1) is 12.1 Å². The number of hydrogen-bond donors (Lipinski definition) is 0. The predicted molar refractivity (Wildman–Crippen MR) is 124 cm³/mol. The number of rotatable bonds is 8. The molecule has 0 bridgehead atoms. The summed E-state index contributed by atoms with van der Waals surface area (Å²) in [6.45, 7) is 2.76. The minimum Gasteiger partial charge on any atom is -0.468 e. The molecule has 0 aliphatic carbocycles. The van der Waals surface area contributed by atoms with E-state index in [9.17, 15) is 4.79 Å². The van der Waals surface area contributed by atoms with Gasteiger partial charge < -0.3 is 9.64 Å². The molecule has 0 unspecified atom stereocenters. The van der Waals surface area contributed by atoms with Gasteiger partial charge in [-0.1, -0.05) is 66.3 Å². The molecule has 0 fully saturated rings. The van der Waals surface area contributed by atoms with Crippen molar-refractivity contribution in [3.05, 3.63) is 78.0 Å². The van der Waals surface area contributed by atoms with E-state index in [1.165, 1.54) is 17.6 Å². The summed E-state index contributed by atoms with van der Waals surface area (Å²) in [5, 5.41) is 0. The molecule has 5 heteroatoms. The van der Waals surface area contributed by atoms with Crippen LogP contribution in [0.15, 0.2) is 71.8 Å². The molecule has 1 aliphatic heterocycles. The predicted octanol–water partition coefficient (Wildman–Crippen LogP) is 5.63. The number of thiocarbonyl (C=S) groups is 1. The summed E-state index contributed by atoms with van der Waals surface area (Å²) in [4.78, 5) is 16.4. The molecule has 29 heavy (non-hydrogen) atoms. The number of thioether (sulfide) groups is 1. The third kappa shape index (κ3) is 5.94. The van der Waals surface area contributed by atoms with Gasteiger partial charge in [0.15, 0.2) is 0 Å². The molecular formula is C24H27NO2S2. The minimum atomic E-state index is -0.395. The number of benzene rings is 2. The van der Waals surface area contributed by atoms with Crippen molar-refractivity contribution < 1.29 is 9.53 Å². The first-order valence-corrected chi connectivity index (χ1v) is 11.3. The lowest BCUT2D eigenvalue weighted by Gasteiger charge is -2.34. The molecular weight excluding hydrogens is 398 g/mol. The lowest BCUT2D eigenvalue weighted by Crippen LogP contribution is -2.42. The van der Waals surface area contributed by atoms with Crippen molar-refractivity contribution in [3.8, 4) is 0 Å². The molecule has 0 amide bonds. The Balaban J connectivity index is 1.60. The standard InChI is InChI=1S/C24H27NO2S2/c1-18-10-12-21(13-11-18)29-16-6-9-20-14-15-25(17-19-7-4-3-5-8-19)23(28)22(20)24(26)27-2/h3-5,7-8,10-15,20,22H,6,9,16-17H2,1-2H3/t20-,22+/m0/s1. The van der Waals surface area contributed by atoms with Crippen molar-refractivity contribution in [1.82, 2.24) is 4.90 Å². The van der Waals surface area contributed by atoms with Crippen molar-refractivity contribution in [1.29, 1.82) is 0 Å². The Kier molecular flexibility index (Phi) is 7.90. The van der Waals surface area contributed by atoms with E-state index < -0.39 is 5.92 Å². The average molecular weight is 426 g/mol. The highest BCUT2D eigenvalue weighted by Crippen LogP contribution is 2.31. The first-order valence-electron chi connectivity index (χ1n) is 9.88. The summed E-state index contributed by atoms with van der Waals surface area (Å²) in [5.41, 5.74) is 2.44. The second-order valence-corrected chi connectivity index (χ2v) is 8.85. The zero-order valence-electron chi connectivity index (χ0n) is 16.9. The second-order valence-electron chi connectivity index (χ2n) is 7.26. The van der Waals surface area contributed by atoms with Crippen LogP contribution in [0.5, 0.6) is 0 Å². The Labute approximate surface area is 183 Å². The molecule has 3 rings (SSSR count). The molecule has 2 aromatic rings. The molecule has 3 nitrogen and oxygen atoms in total. The van der Waals surface area contributed by atoms with Gasteiger partial charge in [0, 0.05) is 17.6 Å². The van der Waals surface area contributed by atoms with Crippen LogP contribution in [0.2, 0.25) is 0 Å². The van der Waals surface area contributed by atoms with Gasteiger partial charge in [0.25, 0.3) is 0 Å². The molecule has 1 aliphatic rings. The van der Waals surface area contributed by atoms with Crippen LogP contribution in [-0.4, -0.2) is 28.7 Å². The van der Waals surface area contributed by atoms with Crippen LogP contribution in [0.4, 0.5) is 0 Å². The fourth-order valence-electron chi connectivity index (χ4n) is 3.48. The van der Waals surface area contributed by atoms with Gasteiger partial charge in [-0.05, 0) is 49.1 Å². The second kappa shape index (κ2) is 10.6. The van der Waals surface area contributed by atoms with Gasteiger partial charge >= 0.3 is 5.97 Å². The van der Waals surface area contributed by atoms with Gasteiger partial charge in [0.2, 0.25) is 0 Å². The molecule has 0 radical (unpaired) electrons. The summed E-state index contributed by atoms with van der Waals surface area (Å²) in [6, 6.07) is 18.8. The maximum absolute atomic E-state index is 12.5. The first kappa shape index (κ1) is 21.6. The number of carbonyl (C=O) groups excluding carboxylic acids is 1. The summed E-state index contributed by atoms with van der Waals surface area (Å²) in [5.74, 6) is 0.462.